The van der Waals surface area contributed by atoms with Crippen LogP contribution in [0.3, 0.4) is 0 Å². The molecule has 0 atom stereocenters. The van der Waals surface area contributed by atoms with Gasteiger partial charge >= 0.3 is 12.1 Å². The first kappa shape index (κ1) is 20.5. The van der Waals surface area contributed by atoms with Crippen LogP contribution in [0.1, 0.15) is 30.9 Å². The lowest BCUT2D eigenvalue weighted by atomic mass is 9.99. The lowest BCUT2D eigenvalue weighted by molar-refractivity contribution is -0.141. The molecule has 1 aliphatic carbocycles. The number of halogens is 4. The van der Waals surface area contributed by atoms with E-state index in [9.17, 15) is 18.0 Å². The summed E-state index contributed by atoms with van der Waals surface area (Å²) in [6, 6.07) is 8.46. The molecular formula is C21H20ClF3O3. The van der Waals surface area contributed by atoms with E-state index in [0.717, 1.165) is 30.5 Å². The van der Waals surface area contributed by atoms with Gasteiger partial charge in [-0.15, -0.1) is 0 Å². The van der Waals surface area contributed by atoms with E-state index in [2.05, 4.69) is 0 Å². The molecule has 3 rings (SSSR count). The molecule has 0 heterocycles. The van der Waals surface area contributed by atoms with Gasteiger partial charge in [0.05, 0.1) is 23.8 Å². The number of hydrogen-bond donors (Lipinski definition) is 0. The summed E-state index contributed by atoms with van der Waals surface area (Å²) in [5.74, 6) is 0.586. The van der Waals surface area contributed by atoms with Crippen LogP contribution >= 0.6 is 11.6 Å². The van der Waals surface area contributed by atoms with Crippen molar-refractivity contribution in [1.82, 2.24) is 0 Å². The molecule has 0 bridgehead atoms. The van der Waals surface area contributed by atoms with Crippen molar-refractivity contribution in [3.63, 3.8) is 0 Å². The first-order valence-electron chi connectivity index (χ1n) is 9.00. The third-order valence-electron chi connectivity index (χ3n) is 4.48. The SMILES string of the molecule is CC(=O)OCCc1cc(Cl)c(OCC2CC2)c(-c2ccc(C(F)(F)F)cc2)c1. The van der Waals surface area contributed by atoms with Crippen LogP contribution in [0.5, 0.6) is 5.75 Å². The quantitative estimate of drug-likeness (QED) is 0.529. The Morgan fingerprint density at radius 2 is 1.86 bits per heavy atom. The Hall–Kier alpha value is -2.21. The summed E-state index contributed by atoms with van der Waals surface area (Å²) in [5, 5.41) is 0.385. The number of benzene rings is 2. The first-order valence-corrected chi connectivity index (χ1v) is 9.38. The molecule has 0 unspecified atom stereocenters. The van der Waals surface area contributed by atoms with Crippen molar-refractivity contribution >= 4 is 17.6 Å². The molecule has 0 radical (unpaired) electrons. The minimum Gasteiger partial charge on any atom is -0.491 e. The van der Waals surface area contributed by atoms with E-state index in [-0.39, 0.29) is 12.6 Å². The highest BCUT2D eigenvalue weighted by atomic mass is 35.5. The third-order valence-corrected chi connectivity index (χ3v) is 4.76. The summed E-state index contributed by atoms with van der Waals surface area (Å²) in [4.78, 5) is 11.0. The standard InChI is InChI=1S/C21H20ClF3O3/c1-13(26)27-9-8-15-10-18(16-4-6-17(7-5-16)21(23,24)25)20(19(22)11-15)28-12-14-2-3-14/h4-7,10-11,14H,2-3,8-9,12H2,1H3. The fourth-order valence-corrected chi connectivity index (χ4v) is 3.09. The van der Waals surface area contributed by atoms with Gasteiger partial charge in [0.2, 0.25) is 0 Å². The van der Waals surface area contributed by atoms with E-state index in [4.69, 9.17) is 21.1 Å². The van der Waals surface area contributed by atoms with Gasteiger partial charge in [-0.05, 0) is 54.2 Å². The number of carbonyl (C=O) groups is 1. The molecular weight excluding hydrogens is 393 g/mol. The van der Waals surface area contributed by atoms with E-state index < -0.39 is 11.7 Å². The maximum Gasteiger partial charge on any atom is 0.416 e. The van der Waals surface area contributed by atoms with E-state index in [1.807, 2.05) is 6.07 Å². The van der Waals surface area contributed by atoms with E-state index in [0.29, 0.717) is 40.8 Å². The summed E-state index contributed by atoms with van der Waals surface area (Å²) in [5.41, 5.74) is 1.29. The van der Waals surface area contributed by atoms with Crippen molar-refractivity contribution in [2.45, 2.75) is 32.4 Å². The Morgan fingerprint density at radius 1 is 1.18 bits per heavy atom. The summed E-state index contributed by atoms with van der Waals surface area (Å²) in [6.45, 7) is 2.05. The van der Waals surface area contributed by atoms with Crippen molar-refractivity contribution in [2.24, 2.45) is 5.92 Å². The Kier molecular flexibility index (Phi) is 6.18. The predicted octanol–water partition coefficient (Wildman–Crippen LogP) is 5.92. The molecule has 0 aliphatic heterocycles. The van der Waals surface area contributed by atoms with Gasteiger partial charge in [-0.1, -0.05) is 23.7 Å². The zero-order valence-corrected chi connectivity index (χ0v) is 16.1. The minimum atomic E-state index is -4.40. The highest BCUT2D eigenvalue weighted by molar-refractivity contribution is 6.32. The number of alkyl halides is 3. The van der Waals surface area contributed by atoms with Gasteiger partial charge in [0, 0.05) is 18.9 Å². The average molecular weight is 413 g/mol. The van der Waals surface area contributed by atoms with Gasteiger partial charge in [0.25, 0.3) is 0 Å². The molecule has 0 saturated heterocycles. The van der Waals surface area contributed by atoms with Crippen LogP contribution in [0.15, 0.2) is 36.4 Å². The average Bonchev–Trinajstić information content (AvgIpc) is 3.44. The van der Waals surface area contributed by atoms with Crippen LogP contribution in [0.2, 0.25) is 5.02 Å². The zero-order valence-electron chi connectivity index (χ0n) is 15.3. The van der Waals surface area contributed by atoms with Crippen LogP contribution in [0, 0.1) is 5.92 Å². The van der Waals surface area contributed by atoms with Crippen molar-refractivity contribution in [3.05, 3.63) is 52.5 Å². The molecule has 0 amide bonds. The second-order valence-electron chi connectivity index (χ2n) is 6.87. The van der Waals surface area contributed by atoms with Gasteiger partial charge in [0.15, 0.2) is 0 Å². The molecule has 0 aromatic heterocycles. The molecule has 28 heavy (non-hydrogen) atoms. The van der Waals surface area contributed by atoms with Crippen molar-refractivity contribution < 1.29 is 27.4 Å². The maximum atomic E-state index is 12.9. The number of ether oxygens (including phenoxy) is 2. The molecule has 150 valence electrons. The lowest BCUT2D eigenvalue weighted by Gasteiger charge is -2.16. The molecule has 0 spiro atoms. The van der Waals surface area contributed by atoms with Crippen molar-refractivity contribution in [3.8, 4) is 16.9 Å². The number of esters is 1. The van der Waals surface area contributed by atoms with Crippen LogP contribution in [-0.4, -0.2) is 19.2 Å². The maximum absolute atomic E-state index is 12.9. The number of hydrogen-bond acceptors (Lipinski definition) is 3. The Bertz CT molecular complexity index is 843. The molecule has 1 fully saturated rings. The largest absolute Gasteiger partial charge is 0.491 e. The van der Waals surface area contributed by atoms with Crippen molar-refractivity contribution in [2.75, 3.05) is 13.2 Å². The van der Waals surface area contributed by atoms with Gasteiger partial charge in [-0.25, -0.2) is 0 Å². The number of rotatable bonds is 7. The second-order valence-corrected chi connectivity index (χ2v) is 7.28. The van der Waals surface area contributed by atoms with E-state index in [1.54, 1.807) is 6.07 Å². The fourth-order valence-electron chi connectivity index (χ4n) is 2.79. The Morgan fingerprint density at radius 3 is 2.43 bits per heavy atom. The molecule has 2 aromatic rings. The molecule has 1 aliphatic rings. The van der Waals surface area contributed by atoms with Crippen LogP contribution < -0.4 is 4.74 Å². The van der Waals surface area contributed by atoms with Crippen LogP contribution in [0.25, 0.3) is 11.1 Å². The predicted molar refractivity (Wildman–Crippen MR) is 100 cm³/mol. The summed E-state index contributed by atoms with van der Waals surface area (Å²) < 4.78 is 49.5. The second kappa shape index (κ2) is 8.43. The van der Waals surface area contributed by atoms with E-state index in [1.165, 1.54) is 19.1 Å². The number of carbonyl (C=O) groups excluding carboxylic acids is 1. The summed E-state index contributed by atoms with van der Waals surface area (Å²) in [6.07, 6.45) is -1.75. The van der Waals surface area contributed by atoms with Gasteiger partial charge in [-0.3, -0.25) is 4.79 Å². The molecule has 7 heteroatoms. The monoisotopic (exact) mass is 412 g/mol. The summed E-state index contributed by atoms with van der Waals surface area (Å²) >= 11 is 6.42. The van der Waals surface area contributed by atoms with Gasteiger partial charge in [-0.2, -0.15) is 13.2 Å². The third kappa shape index (κ3) is 5.41. The highest BCUT2D eigenvalue weighted by Gasteiger charge is 2.30. The van der Waals surface area contributed by atoms with Crippen LogP contribution in [-0.2, 0) is 22.1 Å². The van der Waals surface area contributed by atoms with E-state index >= 15 is 0 Å². The topological polar surface area (TPSA) is 35.5 Å². The molecule has 0 N–H and O–H groups in total. The normalized spacial score (nSPS) is 14.0. The zero-order chi connectivity index (χ0) is 20.3. The van der Waals surface area contributed by atoms with Gasteiger partial charge in [0.1, 0.15) is 5.75 Å². The minimum absolute atomic E-state index is 0.195. The fraction of sp³-hybridized carbons (Fsp3) is 0.381. The highest BCUT2D eigenvalue weighted by Crippen LogP contribution is 2.40. The van der Waals surface area contributed by atoms with Gasteiger partial charge < -0.3 is 9.47 Å². The Labute approximate surface area is 166 Å². The first-order chi connectivity index (χ1) is 13.2. The van der Waals surface area contributed by atoms with Crippen LogP contribution in [0.4, 0.5) is 13.2 Å². The Balaban J connectivity index is 1.91. The lowest BCUT2D eigenvalue weighted by Crippen LogP contribution is -2.06. The summed E-state index contributed by atoms with van der Waals surface area (Å²) in [7, 11) is 0. The molecule has 1 saturated carbocycles. The molecule has 2 aromatic carbocycles. The van der Waals surface area contributed by atoms with Crippen molar-refractivity contribution in [1.29, 1.82) is 0 Å². The smallest absolute Gasteiger partial charge is 0.416 e. The molecule has 3 nitrogen and oxygen atoms in total.